The highest BCUT2D eigenvalue weighted by Crippen LogP contribution is 2.32. The van der Waals surface area contributed by atoms with E-state index in [1.54, 1.807) is 6.07 Å². The largest absolute Gasteiger partial charge is 0.416 e. The first-order valence-corrected chi connectivity index (χ1v) is 8.98. The molecule has 2 aromatic carbocycles. The Morgan fingerprint density at radius 3 is 2.44 bits per heavy atom. The maximum Gasteiger partial charge on any atom is 0.416 e. The number of piperazine rings is 1. The van der Waals surface area contributed by atoms with Crippen molar-refractivity contribution in [2.75, 3.05) is 31.1 Å². The number of fused-ring (bicyclic) bond motifs is 1. The monoisotopic (exact) mass is 371 g/mol. The summed E-state index contributed by atoms with van der Waals surface area (Å²) in [6.07, 6.45) is -2.48. The van der Waals surface area contributed by atoms with E-state index in [0.717, 1.165) is 36.6 Å². The van der Waals surface area contributed by atoms with Crippen LogP contribution in [0.1, 0.15) is 11.1 Å². The number of pyridine rings is 1. The third-order valence-corrected chi connectivity index (χ3v) is 5.04. The summed E-state index contributed by atoms with van der Waals surface area (Å²) in [5, 5.41) is 1.15. The number of benzene rings is 2. The van der Waals surface area contributed by atoms with Gasteiger partial charge >= 0.3 is 6.18 Å². The van der Waals surface area contributed by atoms with Gasteiger partial charge in [0.2, 0.25) is 0 Å². The number of para-hydroxylation sites is 1. The van der Waals surface area contributed by atoms with E-state index in [9.17, 15) is 13.2 Å². The van der Waals surface area contributed by atoms with Gasteiger partial charge in [-0.3, -0.25) is 9.88 Å². The lowest BCUT2D eigenvalue weighted by atomic mass is 10.1. The van der Waals surface area contributed by atoms with Crippen LogP contribution in [-0.2, 0) is 12.7 Å². The summed E-state index contributed by atoms with van der Waals surface area (Å²) in [6.45, 7) is 3.87. The summed E-state index contributed by atoms with van der Waals surface area (Å²) in [6, 6.07) is 15.7. The topological polar surface area (TPSA) is 19.4 Å². The molecule has 0 N–H and O–H groups in total. The minimum atomic E-state index is -4.31. The Balaban J connectivity index is 1.43. The zero-order valence-electron chi connectivity index (χ0n) is 14.8. The predicted molar refractivity (Wildman–Crippen MR) is 101 cm³/mol. The van der Waals surface area contributed by atoms with Gasteiger partial charge in [0.15, 0.2) is 0 Å². The number of nitrogens with zero attached hydrogens (tertiary/aromatic N) is 3. The highest BCUT2D eigenvalue weighted by molar-refractivity contribution is 5.81. The van der Waals surface area contributed by atoms with Crippen LogP contribution in [0.5, 0.6) is 0 Å². The molecule has 4 rings (SSSR count). The fraction of sp³-hybridized carbons (Fsp3) is 0.286. The predicted octanol–water partition coefficient (Wildman–Crippen LogP) is 4.58. The number of anilines is 1. The average molecular weight is 371 g/mol. The minimum absolute atomic E-state index is 0.592. The highest BCUT2D eigenvalue weighted by atomic mass is 19.4. The van der Waals surface area contributed by atoms with E-state index in [4.69, 9.17) is 0 Å². The van der Waals surface area contributed by atoms with Crippen LogP contribution in [0.15, 0.2) is 60.8 Å². The number of aromatic nitrogens is 1. The Morgan fingerprint density at radius 2 is 1.67 bits per heavy atom. The summed E-state index contributed by atoms with van der Waals surface area (Å²) in [4.78, 5) is 8.76. The molecule has 1 fully saturated rings. The summed E-state index contributed by atoms with van der Waals surface area (Å²) >= 11 is 0. The van der Waals surface area contributed by atoms with Gasteiger partial charge in [-0.1, -0.05) is 24.3 Å². The van der Waals surface area contributed by atoms with Crippen molar-refractivity contribution in [1.29, 1.82) is 0 Å². The molecular weight excluding hydrogens is 351 g/mol. The van der Waals surface area contributed by atoms with Crippen LogP contribution in [0.4, 0.5) is 18.9 Å². The highest BCUT2D eigenvalue weighted by Gasteiger charge is 2.31. The molecule has 2 heterocycles. The molecule has 3 nitrogen and oxygen atoms in total. The maximum atomic E-state index is 12.9. The molecular formula is C21H20F3N3. The lowest BCUT2D eigenvalue weighted by Crippen LogP contribution is -2.46. The van der Waals surface area contributed by atoms with Gasteiger partial charge in [-0.2, -0.15) is 13.2 Å². The lowest BCUT2D eigenvalue weighted by molar-refractivity contribution is -0.137. The zero-order chi connectivity index (χ0) is 18.9. The van der Waals surface area contributed by atoms with Gasteiger partial charge in [0.1, 0.15) is 0 Å². The molecule has 27 heavy (non-hydrogen) atoms. The van der Waals surface area contributed by atoms with Gasteiger partial charge in [0.05, 0.1) is 11.1 Å². The van der Waals surface area contributed by atoms with Gasteiger partial charge in [-0.25, -0.2) is 0 Å². The SMILES string of the molecule is FC(F)(F)c1cccc(N2CCN(Cc3ccnc4ccccc34)CC2)c1. The van der Waals surface area contributed by atoms with E-state index in [1.807, 2.05) is 35.4 Å². The molecule has 0 atom stereocenters. The molecule has 0 aliphatic carbocycles. The normalized spacial score (nSPS) is 16.0. The van der Waals surface area contributed by atoms with Crippen molar-refractivity contribution in [3.05, 3.63) is 71.9 Å². The molecule has 140 valence electrons. The van der Waals surface area contributed by atoms with Gasteiger partial charge in [0, 0.05) is 50.0 Å². The fourth-order valence-electron chi connectivity index (χ4n) is 3.58. The third kappa shape index (κ3) is 3.90. The summed E-state index contributed by atoms with van der Waals surface area (Å²) in [5.41, 5.74) is 2.26. The van der Waals surface area contributed by atoms with Crippen LogP contribution in [0.3, 0.4) is 0 Å². The van der Waals surface area contributed by atoms with E-state index in [-0.39, 0.29) is 0 Å². The van der Waals surface area contributed by atoms with Crippen LogP contribution >= 0.6 is 0 Å². The number of alkyl halides is 3. The molecule has 0 saturated carbocycles. The molecule has 0 spiro atoms. The second-order valence-electron chi connectivity index (χ2n) is 6.80. The zero-order valence-corrected chi connectivity index (χ0v) is 14.8. The molecule has 3 aromatic rings. The number of hydrogen-bond acceptors (Lipinski definition) is 3. The second kappa shape index (κ2) is 7.19. The van der Waals surface area contributed by atoms with E-state index in [1.165, 1.54) is 17.7 Å². The van der Waals surface area contributed by atoms with Crippen LogP contribution in [0.2, 0.25) is 0 Å². The molecule has 0 bridgehead atoms. The van der Waals surface area contributed by atoms with Crippen molar-refractivity contribution in [2.45, 2.75) is 12.7 Å². The van der Waals surface area contributed by atoms with E-state index < -0.39 is 11.7 Å². The van der Waals surface area contributed by atoms with Gasteiger partial charge in [-0.15, -0.1) is 0 Å². The van der Waals surface area contributed by atoms with Crippen molar-refractivity contribution in [1.82, 2.24) is 9.88 Å². The summed E-state index contributed by atoms with van der Waals surface area (Å²) in [5.74, 6) is 0. The maximum absolute atomic E-state index is 12.9. The van der Waals surface area contributed by atoms with Gasteiger partial charge in [-0.05, 0) is 35.9 Å². The molecule has 1 saturated heterocycles. The van der Waals surface area contributed by atoms with Gasteiger partial charge < -0.3 is 4.90 Å². The van der Waals surface area contributed by atoms with Crippen molar-refractivity contribution in [3.63, 3.8) is 0 Å². The Hall–Kier alpha value is -2.60. The smallest absolute Gasteiger partial charge is 0.369 e. The Kier molecular flexibility index (Phi) is 4.74. The van der Waals surface area contributed by atoms with Crippen LogP contribution < -0.4 is 4.90 Å². The first-order valence-electron chi connectivity index (χ1n) is 8.98. The molecule has 1 aromatic heterocycles. The third-order valence-electron chi connectivity index (χ3n) is 5.04. The molecule has 0 amide bonds. The van der Waals surface area contributed by atoms with Crippen LogP contribution in [0, 0.1) is 0 Å². The first kappa shape index (κ1) is 17.8. The second-order valence-corrected chi connectivity index (χ2v) is 6.80. The Morgan fingerprint density at radius 1 is 0.889 bits per heavy atom. The Labute approximate surface area is 156 Å². The average Bonchev–Trinajstić information content (AvgIpc) is 2.68. The molecule has 1 aliphatic rings. The summed E-state index contributed by atoms with van der Waals surface area (Å²) < 4.78 is 38.8. The van der Waals surface area contributed by atoms with Crippen LogP contribution in [-0.4, -0.2) is 36.1 Å². The minimum Gasteiger partial charge on any atom is -0.369 e. The molecule has 0 radical (unpaired) electrons. The fourth-order valence-corrected chi connectivity index (χ4v) is 3.58. The van der Waals surface area contributed by atoms with E-state index >= 15 is 0 Å². The van der Waals surface area contributed by atoms with E-state index in [0.29, 0.717) is 18.8 Å². The van der Waals surface area contributed by atoms with E-state index in [2.05, 4.69) is 16.0 Å². The van der Waals surface area contributed by atoms with Crippen LogP contribution in [0.25, 0.3) is 10.9 Å². The molecule has 1 aliphatic heterocycles. The quantitative estimate of drug-likeness (QED) is 0.672. The number of hydrogen-bond donors (Lipinski definition) is 0. The Bertz CT molecular complexity index is 926. The standard InChI is InChI=1S/C21H20F3N3/c22-21(23,24)17-4-3-5-18(14-17)27-12-10-26(11-13-27)15-16-8-9-25-20-7-2-1-6-19(16)20/h1-9,14H,10-13,15H2. The van der Waals surface area contributed by atoms with Crippen molar-refractivity contribution in [2.24, 2.45) is 0 Å². The number of halogens is 3. The van der Waals surface area contributed by atoms with Crippen molar-refractivity contribution < 1.29 is 13.2 Å². The van der Waals surface area contributed by atoms with Crippen molar-refractivity contribution in [3.8, 4) is 0 Å². The summed E-state index contributed by atoms with van der Waals surface area (Å²) in [7, 11) is 0. The lowest BCUT2D eigenvalue weighted by Gasteiger charge is -2.36. The van der Waals surface area contributed by atoms with Gasteiger partial charge in [0.25, 0.3) is 0 Å². The number of rotatable bonds is 3. The van der Waals surface area contributed by atoms with Crippen molar-refractivity contribution >= 4 is 16.6 Å². The first-order chi connectivity index (χ1) is 13.0. The molecule has 0 unspecified atom stereocenters. The molecule has 6 heteroatoms.